The lowest BCUT2D eigenvalue weighted by Gasteiger charge is -2.37. The molecule has 4 heteroatoms. The van der Waals surface area contributed by atoms with Gasteiger partial charge in [0.05, 0.1) is 11.8 Å². The zero-order valence-corrected chi connectivity index (χ0v) is 11.8. The van der Waals surface area contributed by atoms with E-state index in [1.807, 2.05) is 0 Å². The highest BCUT2D eigenvalue weighted by Crippen LogP contribution is 2.33. The lowest BCUT2D eigenvalue weighted by Crippen LogP contribution is -2.51. The number of amides is 1. The highest BCUT2D eigenvalue weighted by molar-refractivity contribution is 5.85. The van der Waals surface area contributed by atoms with Crippen LogP contribution in [0, 0.1) is 11.8 Å². The van der Waals surface area contributed by atoms with Crippen LogP contribution in [0.15, 0.2) is 0 Å². The van der Waals surface area contributed by atoms with Gasteiger partial charge in [-0.1, -0.05) is 32.1 Å². The first kappa shape index (κ1) is 14.4. The molecule has 0 spiro atoms. The van der Waals surface area contributed by atoms with Gasteiger partial charge in [-0.05, 0) is 32.6 Å². The summed E-state index contributed by atoms with van der Waals surface area (Å²) in [5.41, 5.74) is -0.115. The van der Waals surface area contributed by atoms with Crippen molar-refractivity contribution in [1.82, 2.24) is 5.32 Å². The number of carbonyl (C=O) groups is 2. The molecule has 2 saturated carbocycles. The summed E-state index contributed by atoms with van der Waals surface area (Å²) in [5, 5.41) is 12.4. The molecule has 0 radical (unpaired) electrons. The molecule has 1 amide bonds. The predicted molar refractivity (Wildman–Crippen MR) is 72.7 cm³/mol. The van der Waals surface area contributed by atoms with Gasteiger partial charge in [0.25, 0.3) is 0 Å². The Kier molecular flexibility index (Phi) is 4.48. The number of carbonyl (C=O) groups excluding carboxylic acids is 1. The summed E-state index contributed by atoms with van der Waals surface area (Å²) in [6, 6.07) is 0. The van der Waals surface area contributed by atoms with E-state index in [0.29, 0.717) is 6.42 Å². The first-order valence-electron chi connectivity index (χ1n) is 7.57. The second-order valence-electron chi connectivity index (χ2n) is 6.45. The molecule has 19 heavy (non-hydrogen) atoms. The van der Waals surface area contributed by atoms with Gasteiger partial charge in [-0.2, -0.15) is 0 Å². The molecule has 2 aliphatic rings. The molecule has 4 nitrogen and oxygen atoms in total. The van der Waals surface area contributed by atoms with Crippen LogP contribution in [0.4, 0.5) is 0 Å². The molecule has 0 aromatic carbocycles. The van der Waals surface area contributed by atoms with E-state index in [-0.39, 0.29) is 17.4 Å². The zero-order valence-electron chi connectivity index (χ0n) is 11.8. The van der Waals surface area contributed by atoms with Crippen LogP contribution < -0.4 is 5.32 Å². The van der Waals surface area contributed by atoms with Crippen molar-refractivity contribution in [2.24, 2.45) is 11.8 Å². The Hall–Kier alpha value is -1.06. The van der Waals surface area contributed by atoms with E-state index in [1.54, 1.807) is 0 Å². The van der Waals surface area contributed by atoms with Crippen molar-refractivity contribution in [1.29, 1.82) is 0 Å². The molecule has 0 aromatic heterocycles. The van der Waals surface area contributed by atoms with Crippen LogP contribution in [0.1, 0.15) is 64.7 Å². The minimum atomic E-state index is -0.811. The Bertz CT molecular complexity index is 347. The van der Waals surface area contributed by atoms with E-state index in [2.05, 4.69) is 12.2 Å². The van der Waals surface area contributed by atoms with Crippen LogP contribution in [0.5, 0.6) is 0 Å². The number of hydrogen-bond acceptors (Lipinski definition) is 2. The quantitative estimate of drug-likeness (QED) is 0.826. The second-order valence-corrected chi connectivity index (χ2v) is 6.45. The summed E-state index contributed by atoms with van der Waals surface area (Å²) < 4.78 is 0. The predicted octanol–water partition coefficient (Wildman–Crippen LogP) is 2.72. The van der Waals surface area contributed by atoms with E-state index in [0.717, 1.165) is 44.9 Å². The molecule has 0 bridgehead atoms. The summed E-state index contributed by atoms with van der Waals surface area (Å²) >= 11 is 0. The molecule has 0 unspecified atom stereocenters. The van der Waals surface area contributed by atoms with E-state index in [1.165, 1.54) is 6.42 Å². The molecule has 2 aliphatic carbocycles. The molecule has 0 aromatic rings. The monoisotopic (exact) mass is 267 g/mol. The number of nitrogens with one attached hydrogen (secondary N) is 1. The summed E-state index contributed by atoms with van der Waals surface area (Å²) in [5.74, 6) is -1.66. The van der Waals surface area contributed by atoms with Crippen LogP contribution >= 0.6 is 0 Å². The molecule has 108 valence electrons. The number of aliphatic carboxylic acids is 1. The normalized spacial score (nSPS) is 30.6. The maximum atomic E-state index is 12.4. The molecule has 2 rings (SSSR count). The first-order chi connectivity index (χ1) is 9.02. The van der Waals surface area contributed by atoms with Crippen LogP contribution in [0.25, 0.3) is 0 Å². The third-order valence-corrected chi connectivity index (χ3v) is 4.80. The number of rotatable bonds is 3. The Labute approximate surface area is 115 Å². The lowest BCUT2D eigenvalue weighted by atomic mass is 9.77. The number of carboxylic acid groups (broad SMARTS) is 1. The van der Waals surface area contributed by atoms with Crippen LogP contribution in [0.2, 0.25) is 0 Å². The molecule has 2 N–H and O–H groups in total. The molecule has 2 fully saturated rings. The summed E-state index contributed by atoms with van der Waals surface area (Å²) in [6.07, 6.45) is 8.85. The fourth-order valence-corrected chi connectivity index (χ4v) is 3.59. The van der Waals surface area contributed by atoms with Gasteiger partial charge in [0.2, 0.25) is 5.91 Å². The fraction of sp³-hybridized carbons (Fsp3) is 0.867. The van der Waals surface area contributed by atoms with E-state index in [4.69, 9.17) is 0 Å². The van der Waals surface area contributed by atoms with Gasteiger partial charge >= 0.3 is 5.97 Å². The SMILES string of the molecule is CC1(NC(=O)[C@@H]2CCCC[C@@H]2C(=O)O)CCCCC1. The van der Waals surface area contributed by atoms with E-state index >= 15 is 0 Å². The van der Waals surface area contributed by atoms with Gasteiger partial charge < -0.3 is 10.4 Å². The first-order valence-corrected chi connectivity index (χ1v) is 7.57. The molecule has 0 aliphatic heterocycles. The maximum Gasteiger partial charge on any atom is 0.307 e. The third-order valence-electron chi connectivity index (χ3n) is 4.80. The smallest absolute Gasteiger partial charge is 0.307 e. The van der Waals surface area contributed by atoms with Gasteiger partial charge in [-0.3, -0.25) is 9.59 Å². The number of hydrogen-bond donors (Lipinski definition) is 2. The summed E-state index contributed by atoms with van der Waals surface area (Å²) in [7, 11) is 0. The molecule has 2 atom stereocenters. The number of carboxylic acids is 1. The average molecular weight is 267 g/mol. The summed E-state index contributed by atoms with van der Waals surface area (Å²) in [4.78, 5) is 23.7. The van der Waals surface area contributed by atoms with Crippen LogP contribution in [-0.4, -0.2) is 22.5 Å². The third kappa shape index (κ3) is 3.48. The van der Waals surface area contributed by atoms with Crippen molar-refractivity contribution in [3.05, 3.63) is 0 Å². The van der Waals surface area contributed by atoms with Crippen molar-refractivity contribution in [2.75, 3.05) is 0 Å². The highest BCUT2D eigenvalue weighted by atomic mass is 16.4. The Balaban J connectivity index is 1.99. The average Bonchev–Trinajstić information content (AvgIpc) is 2.39. The van der Waals surface area contributed by atoms with Crippen molar-refractivity contribution < 1.29 is 14.7 Å². The van der Waals surface area contributed by atoms with Crippen LogP contribution in [-0.2, 0) is 9.59 Å². The van der Waals surface area contributed by atoms with Crippen molar-refractivity contribution in [2.45, 2.75) is 70.3 Å². The van der Waals surface area contributed by atoms with Gasteiger partial charge in [0.15, 0.2) is 0 Å². The largest absolute Gasteiger partial charge is 0.481 e. The fourth-order valence-electron chi connectivity index (χ4n) is 3.59. The topological polar surface area (TPSA) is 66.4 Å². The Morgan fingerprint density at radius 3 is 2.16 bits per heavy atom. The Morgan fingerprint density at radius 1 is 1.00 bits per heavy atom. The summed E-state index contributed by atoms with van der Waals surface area (Å²) in [6.45, 7) is 2.10. The molecular formula is C15H25NO3. The minimum absolute atomic E-state index is 0.0310. The van der Waals surface area contributed by atoms with Gasteiger partial charge in [-0.25, -0.2) is 0 Å². The van der Waals surface area contributed by atoms with Gasteiger partial charge in [-0.15, -0.1) is 0 Å². The molecule has 0 heterocycles. The highest BCUT2D eigenvalue weighted by Gasteiger charge is 2.38. The van der Waals surface area contributed by atoms with Crippen molar-refractivity contribution in [3.63, 3.8) is 0 Å². The standard InChI is InChI=1S/C15H25NO3/c1-15(9-5-2-6-10-15)16-13(17)11-7-3-4-8-12(11)14(18)19/h11-12H,2-10H2,1H3,(H,16,17)(H,18,19)/t11-,12+/m1/s1. The zero-order chi connectivity index (χ0) is 13.9. The van der Waals surface area contributed by atoms with Crippen molar-refractivity contribution in [3.8, 4) is 0 Å². The van der Waals surface area contributed by atoms with Crippen LogP contribution in [0.3, 0.4) is 0 Å². The van der Waals surface area contributed by atoms with E-state index < -0.39 is 11.9 Å². The van der Waals surface area contributed by atoms with Crippen molar-refractivity contribution >= 4 is 11.9 Å². The van der Waals surface area contributed by atoms with Gasteiger partial charge in [0, 0.05) is 5.54 Å². The molecular weight excluding hydrogens is 242 g/mol. The minimum Gasteiger partial charge on any atom is -0.481 e. The lowest BCUT2D eigenvalue weighted by molar-refractivity contribution is -0.149. The second kappa shape index (κ2) is 5.93. The van der Waals surface area contributed by atoms with E-state index in [9.17, 15) is 14.7 Å². The van der Waals surface area contributed by atoms with Gasteiger partial charge in [0.1, 0.15) is 0 Å². The molecule has 0 saturated heterocycles. The maximum absolute atomic E-state index is 12.4. The Morgan fingerprint density at radius 2 is 1.58 bits per heavy atom.